The molecule has 1 aliphatic rings. The van der Waals surface area contributed by atoms with Crippen LogP contribution in [0.25, 0.3) is 10.9 Å². The molecule has 3 aromatic rings. The molecule has 3 atom stereocenters. The van der Waals surface area contributed by atoms with Crippen molar-refractivity contribution in [1.82, 2.24) is 30.7 Å². The molecule has 0 spiro atoms. The second-order valence-corrected chi connectivity index (χ2v) is 15.7. The second kappa shape index (κ2) is 21.0. The van der Waals surface area contributed by atoms with Gasteiger partial charge in [0, 0.05) is 57.9 Å². The number of likely N-dealkylation sites (tertiary alicyclic amines) is 1. The number of nitriles is 1. The predicted molar refractivity (Wildman–Crippen MR) is 222 cm³/mol. The van der Waals surface area contributed by atoms with Gasteiger partial charge in [-0.3, -0.25) is 33.9 Å². The number of carbonyl (C=O) groups excluding carboxylic acids is 6. The number of nitrogens with one attached hydrogen (secondary N) is 4. The summed E-state index contributed by atoms with van der Waals surface area (Å²) >= 11 is 0. The van der Waals surface area contributed by atoms with E-state index in [1.54, 1.807) is 70.1 Å². The summed E-state index contributed by atoms with van der Waals surface area (Å²) in [5.41, 5.74) is 6.35. The first kappa shape index (κ1) is 47.0. The molecular weight excluding hydrogens is 795 g/mol. The number of halogens is 2. The summed E-state index contributed by atoms with van der Waals surface area (Å²) in [5, 5.41) is 20.1. The van der Waals surface area contributed by atoms with Gasteiger partial charge in [0.15, 0.2) is 5.96 Å². The van der Waals surface area contributed by atoms with Crippen LogP contribution in [0.15, 0.2) is 65.8 Å². The van der Waals surface area contributed by atoms with Crippen LogP contribution in [0.1, 0.15) is 68.8 Å². The van der Waals surface area contributed by atoms with Crippen molar-refractivity contribution < 1.29 is 42.3 Å². The number of pyridine rings is 1. The second-order valence-electron chi connectivity index (χ2n) is 15.7. The maximum absolute atomic E-state index is 13.8. The van der Waals surface area contributed by atoms with Gasteiger partial charge in [0.05, 0.1) is 35.9 Å². The quantitative estimate of drug-likeness (QED) is 0.0573. The Morgan fingerprint density at radius 2 is 1.72 bits per heavy atom. The number of esters is 1. The third kappa shape index (κ3) is 14.2. The number of hydrogen-bond donors (Lipinski definition) is 5. The molecule has 1 saturated heterocycles. The van der Waals surface area contributed by atoms with Gasteiger partial charge in [-0.25, -0.2) is 13.6 Å². The van der Waals surface area contributed by atoms with E-state index in [1.165, 1.54) is 18.3 Å². The van der Waals surface area contributed by atoms with Crippen LogP contribution in [-0.4, -0.2) is 120 Å². The number of para-hydroxylation sites is 1. The van der Waals surface area contributed by atoms with E-state index in [1.807, 2.05) is 18.2 Å². The van der Waals surface area contributed by atoms with Crippen LogP contribution in [0.3, 0.4) is 0 Å². The van der Waals surface area contributed by atoms with Gasteiger partial charge in [-0.05, 0) is 51.3 Å². The van der Waals surface area contributed by atoms with Crippen LogP contribution >= 0.6 is 0 Å². The van der Waals surface area contributed by atoms with Crippen LogP contribution in [-0.2, 0) is 35.1 Å². The summed E-state index contributed by atoms with van der Waals surface area (Å²) < 4.78 is 33.3. The van der Waals surface area contributed by atoms with Gasteiger partial charge in [0.25, 0.3) is 11.8 Å². The number of amides is 5. The SMILES string of the molecule is CN(C)C(N)=NCCC[C@H](NC(=O)CCC(=O)Nc1cccc2c(C(=O)NCC(=O)N3CC(F)(F)C[C@H]3C#N)ccnc12)C(=O)N[C@@H](Cc1ccccc1)C(=O)OC(C)(C)C. The Kier molecular flexibility index (Phi) is 16.2. The summed E-state index contributed by atoms with van der Waals surface area (Å²) in [7, 11) is 3.46. The number of benzene rings is 2. The standard InChI is InChI=1S/C42H52F2N10O7/c1-41(2,3)61-39(60)32(21-26-11-7-6-8-12-26)52-38(59)31(15-10-19-48-40(46)53(4)5)51-34(56)17-16-33(55)50-30-14-9-13-28-29(18-20-47-36(28)30)37(58)49-24-35(57)54-25-42(43,44)22-27(54)23-45/h6-9,11-14,18,20,27,31-32H,10,15-17,19,21-22,24-25H2,1-5H3,(H2,46,48)(H,49,58)(H,50,55)(H,51,56)(H,52,59)/t27-,31-,32-/m0/s1. The van der Waals surface area contributed by atoms with Crippen molar-refractivity contribution in [3.63, 3.8) is 0 Å². The van der Waals surface area contributed by atoms with Gasteiger partial charge in [-0.2, -0.15) is 5.26 Å². The van der Waals surface area contributed by atoms with E-state index in [0.717, 1.165) is 10.5 Å². The number of nitrogens with two attached hydrogens (primary N) is 1. The summed E-state index contributed by atoms with van der Waals surface area (Å²) in [6.07, 6.45) is 0.493. The topological polar surface area (TPSA) is 241 Å². The number of carbonyl (C=O) groups is 6. The molecule has 17 nitrogen and oxygen atoms in total. The van der Waals surface area contributed by atoms with Crippen molar-refractivity contribution in [3.8, 4) is 6.07 Å². The highest BCUT2D eigenvalue weighted by atomic mass is 19.3. The highest BCUT2D eigenvalue weighted by molar-refractivity contribution is 6.11. The van der Waals surface area contributed by atoms with Gasteiger partial charge in [-0.1, -0.05) is 42.5 Å². The molecule has 0 bridgehead atoms. The molecule has 19 heteroatoms. The minimum atomic E-state index is -3.21. The van der Waals surface area contributed by atoms with Gasteiger partial charge < -0.3 is 41.5 Å². The van der Waals surface area contributed by atoms with Crippen LogP contribution in [0.5, 0.6) is 0 Å². The van der Waals surface area contributed by atoms with Crippen LogP contribution in [0, 0.1) is 11.3 Å². The molecule has 2 aromatic carbocycles. The average Bonchev–Trinajstić information content (AvgIpc) is 3.53. The largest absolute Gasteiger partial charge is 0.458 e. The fourth-order valence-corrected chi connectivity index (χ4v) is 6.32. The molecule has 1 aliphatic heterocycles. The van der Waals surface area contributed by atoms with Crippen molar-refractivity contribution in [2.24, 2.45) is 10.7 Å². The molecule has 1 aromatic heterocycles. The maximum atomic E-state index is 13.8. The molecule has 0 radical (unpaired) electrons. The molecular formula is C42H52F2N10O7. The number of anilines is 1. The number of nitrogens with zero attached hydrogens (tertiary/aromatic N) is 5. The lowest BCUT2D eigenvalue weighted by atomic mass is 10.0. The predicted octanol–water partition coefficient (Wildman–Crippen LogP) is 2.65. The third-order valence-electron chi connectivity index (χ3n) is 9.33. The number of alkyl halides is 2. The van der Waals surface area contributed by atoms with Crippen LogP contribution < -0.4 is 27.0 Å². The smallest absolute Gasteiger partial charge is 0.329 e. The summed E-state index contributed by atoms with van der Waals surface area (Å²) in [6.45, 7) is 3.83. The van der Waals surface area contributed by atoms with Crippen LogP contribution in [0.4, 0.5) is 14.5 Å². The molecule has 61 heavy (non-hydrogen) atoms. The highest BCUT2D eigenvalue weighted by Gasteiger charge is 2.47. The Bertz CT molecular complexity index is 2150. The summed E-state index contributed by atoms with van der Waals surface area (Å²) in [6, 6.07) is 13.3. The van der Waals surface area contributed by atoms with Crippen molar-refractivity contribution in [1.29, 1.82) is 5.26 Å². The van der Waals surface area contributed by atoms with Crippen molar-refractivity contribution in [3.05, 3.63) is 71.9 Å². The van der Waals surface area contributed by atoms with E-state index in [2.05, 4.69) is 31.2 Å². The Balaban J connectivity index is 1.41. The number of hydrogen-bond acceptors (Lipinski definition) is 10. The molecule has 1 fully saturated rings. The molecule has 326 valence electrons. The van der Waals surface area contributed by atoms with E-state index >= 15 is 0 Å². The van der Waals surface area contributed by atoms with Crippen LogP contribution in [0.2, 0.25) is 0 Å². The maximum Gasteiger partial charge on any atom is 0.329 e. The Hall–Kier alpha value is -6.71. The lowest BCUT2D eigenvalue weighted by Crippen LogP contribution is -2.53. The number of aromatic nitrogens is 1. The zero-order valence-electron chi connectivity index (χ0n) is 34.8. The first-order valence-corrected chi connectivity index (χ1v) is 19.6. The van der Waals surface area contributed by atoms with Gasteiger partial charge in [0.1, 0.15) is 23.7 Å². The summed E-state index contributed by atoms with van der Waals surface area (Å²) in [4.78, 5) is 90.2. The molecule has 5 amide bonds. The fraction of sp³-hybridized carbons (Fsp3) is 0.452. The highest BCUT2D eigenvalue weighted by Crippen LogP contribution is 2.31. The Morgan fingerprint density at radius 1 is 1.02 bits per heavy atom. The lowest BCUT2D eigenvalue weighted by molar-refractivity contribution is -0.158. The monoisotopic (exact) mass is 846 g/mol. The van der Waals surface area contributed by atoms with Gasteiger partial charge >= 0.3 is 5.97 Å². The van der Waals surface area contributed by atoms with Gasteiger partial charge in [0.2, 0.25) is 23.6 Å². The molecule has 4 rings (SSSR count). The molecule has 0 saturated carbocycles. The fourth-order valence-electron chi connectivity index (χ4n) is 6.32. The number of aliphatic imine (C=N–C) groups is 1. The zero-order chi connectivity index (χ0) is 44.9. The van der Waals surface area contributed by atoms with E-state index < -0.39 is 84.7 Å². The van der Waals surface area contributed by atoms with E-state index in [0.29, 0.717) is 11.8 Å². The number of rotatable bonds is 17. The normalized spacial score (nSPS) is 15.8. The Morgan fingerprint density at radius 3 is 2.39 bits per heavy atom. The average molecular weight is 847 g/mol. The van der Waals surface area contributed by atoms with Crippen molar-refractivity contribution >= 4 is 58.1 Å². The minimum absolute atomic E-state index is 0.0777. The molecule has 0 unspecified atom stereocenters. The van der Waals surface area contributed by atoms with Crippen molar-refractivity contribution in [2.45, 2.75) is 88.9 Å². The zero-order valence-corrected chi connectivity index (χ0v) is 34.8. The minimum Gasteiger partial charge on any atom is -0.458 e. The number of fused-ring (bicyclic) bond motifs is 1. The first-order valence-electron chi connectivity index (χ1n) is 19.6. The first-order chi connectivity index (χ1) is 28.8. The molecule has 6 N–H and O–H groups in total. The Labute approximate surface area is 352 Å². The van der Waals surface area contributed by atoms with E-state index in [4.69, 9.17) is 10.5 Å². The lowest BCUT2D eigenvalue weighted by Gasteiger charge is -2.26. The van der Waals surface area contributed by atoms with Gasteiger partial charge in [-0.15, -0.1) is 0 Å². The van der Waals surface area contributed by atoms with Crippen molar-refractivity contribution in [2.75, 3.05) is 39.0 Å². The third-order valence-corrected chi connectivity index (χ3v) is 9.33. The summed E-state index contributed by atoms with van der Waals surface area (Å²) in [5.74, 6) is -6.97. The molecule has 0 aliphatic carbocycles. The van der Waals surface area contributed by atoms with E-state index in [9.17, 15) is 42.8 Å². The molecule has 2 heterocycles. The number of guanidine groups is 1. The van der Waals surface area contributed by atoms with E-state index in [-0.39, 0.29) is 55.0 Å². The number of ether oxygens (including phenoxy) is 1.